The van der Waals surface area contributed by atoms with E-state index >= 15 is 0 Å². The van der Waals surface area contributed by atoms with Crippen LogP contribution in [-0.4, -0.2) is 74.1 Å². The van der Waals surface area contributed by atoms with Crippen LogP contribution in [0.2, 0.25) is 0 Å². The molecule has 0 radical (unpaired) electrons. The number of ether oxygens (including phenoxy) is 2. The maximum atomic E-state index is 13.4. The lowest BCUT2D eigenvalue weighted by Crippen LogP contribution is -2.61. The summed E-state index contributed by atoms with van der Waals surface area (Å²) in [5, 5.41) is 49.4. The molecule has 3 aliphatic carbocycles. The Labute approximate surface area is 190 Å². The minimum Gasteiger partial charge on any atom is -0.508 e. The van der Waals surface area contributed by atoms with Crippen LogP contribution in [0.3, 0.4) is 0 Å². The molecule has 5 rings (SSSR count). The highest BCUT2D eigenvalue weighted by Crippen LogP contribution is 2.60. The van der Waals surface area contributed by atoms with Crippen molar-refractivity contribution in [3.05, 3.63) is 29.3 Å². The summed E-state index contributed by atoms with van der Waals surface area (Å²) in [6, 6.07) is 5.52. The third-order valence-corrected chi connectivity index (χ3v) is 8.53. The number of aliphatic hydroxyl groups is 3. The molecule has 0 amide bonds. The van der Waals surface area contributed by atoms with E-state index in [4.69, 9.17) is 9.47 Å². The number of aliphatic carboxylic acids is 1. The van der Waals surface area contributed by atoms with Gasteiger partial charge in [0.05, 0.1) is 0 Å². The van der Waals surface area contributed by atoms with Crippen LogP contribution >= 0.6 is 0 Å². The molecule has 0 aromatic heterocycles. The van der Waals surface area contributed by atoms with Gasteiger partial charge in [-0.3, -0.25) is 4.79 Å². The SMILES string of the molecule is C[C@]12CC[C@H]3c4ccc(O)cc4CC[C@@H]3[C@@H]1C[C@H](O[C@@H]1O[C@H](C(=O)O)[C@@H](O)[C@H](O)[C@H]1O)C2=O. The number of Topliss-reactive ketones (excluding diaryl/α,β-unsaturated/α-hetero) is 1. The number of fused-ring (bicyclic) bond motifs is 5. The summed E-state index contributed by atoms with van der Waals surface area (Å²) >= 11 is 0. The van der Waals surface area contributed by atoms with Gasteiger partial charge in [-0.1, -0.05) is 13.0 Å². The Morgan fingerprint density at radius 2 is 1.91 bits per heavy atom. The van der Waals surface area contributed by atoms with Crippen molar-refractivity contribution in [3.8, 4) is 5.75 Å². The third-order valence-electron chi connectivity index (χ3n) is 8.53. The molecule has 9 nitrogen and oxygen atoms in total. The van der Waals surface area contributed by atoms with Gasteiger partial charge >= 0.3 is 5.97 Å². The molecule has 1 aliphatic heterocycles. The average molecular weight is 462 g/mol. The third kappa shape index (κ3) is 3.49. The predicted molar refractivity (Wildman–Crippen MR) is 112 cm³/mol. The van der Waals surface area contributed by atoms with Gasteiger partial charge in [-0.25, -0.2) is 4.79 Å². The Kier molecular flexibility index (Phi) is 5.53. The largest absolute Gasteiger partial charge is 0.508 e. The molecule has 1 aromatic rings. The first kappa shape index (κ1) is 22.7. The van der Waals surface area contributed by atoms with Crippen LogP contribution in [0.5, 0.6) is 5.75 Å². The minimum absolute atomic E-state index is 0.0576. The topological polar surface area (TPSA) is 154 Å². The van der Waals surface area contributed by atoms with Crippen molar-refractivity contribution in [1.82, 2.24) is 0 Å². The van der Waals surface area contributed by atoms with E-state index in [9.17, 15) is 35.1 Å². The van der Waals surface area contributed by atoms with Gasteiger partial charge in [0.15, 0.2) is 18.2 Å². The van der Waals surface area contributed by atoms with E-state index in [1.54, 1.807) is 6.07 Å². The molecule has 1 saturated heterocycles. The summed E-state index contributed by atoms with van der Waals surface area (Å²) in [7, 11) is 0. The van der Waals surface area contributed by atoms with Crippen molar-refractivity contribution in [2.45, 2.75) is 81.8 Å². The summed E-state index contributed by atoms with van der Waals surface area (Å²) in [6.07, 6.45) is -5.76. The lowest BCUT2D eigenvalue weighted by Gasteiger charge is -2.48. The van der Waals surface area contributed by atoms with Crippen molar-refractivity contribution in [3.63, 3.8) is 0 Å². The summed E-state index contributed by atoms with van der Waals surface area (Å²) in [5.41, 5.74) is 1.79. The number of carboxylic acid groups (broad SMARTS) is 1. The van der Waals surface area contributed by atoms with Gasteiger partial charge in [-0.15, -0.1) is 0 Å². The van der Waals surface area contributed by atoms with Gasteiger partial charge in [0.25, 0.3) is 0 Å². The van der Waals surface area contributed by atoms with E-state index in [-0.39, 0.29) is 23.4 Å². The van der Waals surface area contributed by atoms with E-state index in [0.29, 0.717) is 18.8 Å². The fraction of sp³-hybridized carbons (Fsp3) is 0.667. The number of phenolic OH excluding ortho intramolecular Hbond substituents is 1. The predicted octanol–water partition coefficient (Wildman–Crippen LogP) is 0.705. The van der Waals surface area contributed by atoms with Gasteiger partial charge in [-0.2, -0.15) is 0 Å². The number of aryl methyl sites for hydroxylation is 1. The van der Waals surface area contributed by atoms with E-state index in [1.165, 1.54) is 5.56 Å². The highest BCUT2D eigenvalue weighted by molar-refractivity contribution is 5.91. The molecule has 2 saturated carbocycles. The maximum Gasteiger partial charge on any atom is 0.335 e. The zero-order chi connectivity index (χ0) is 23.7. The van der Waals surface area contributed by atoms with Crippen LogP contribution in [0, 0.1) is 17.3 Å². The number of rotatable bonds is 3. The Hall–Kier alpha value is -2.04. The number of aromatic hydroxyl groups is 1. The number of benzene rings is 1. The first-order valence-electron chi connectivity index (χ1n) is 11.6. The second kappa shape index (κ2) is 8.02. The number of phenols is 1. The highest BCUT2D eigenvalue weighted by Gasteiger charge is 2.60. The molecule has 0 bridgehead atoms. The molecule has 33 heavy (non-hydrogen) atoms. The van der Waals surface area contributed by atoms with E-state index in [0.717, 1.165) is 24.8 Å². The van der Waals surface area contributed by atoms with Gasteiger partial charge in [0, 0.05) is 5.41 Å². The molecule has 3 fully saturated rings. The summed E-state index contributed by atoms with van der Waals surface area (Å²) in [4.78, 5) is 24.8. The zero-order valence-electron chi connectivity index (χ0n) is 18.3. The van der Waals surface area contributed by atoms with Crippen LogP contribution in [-0.2, 0) is 25.5 Å². The van der Waals surface area contributed by atoms with Crippen LogP contribution < -0.4 is 0 Å². The zero-order valence-corrected chi connectivity index (χ0v) is 18.3. The number of ketones is 1. The molecule has 4 aliphatic rings. The molecular weight excluding hydrogens is 432 g/mol. The molecule has 0 spiro atoms. The smallest absolute Gasteiger partial charge is 0.335 e. The van der Waals surface area contributed by atoms with Crippen molar-refractivity contribution in [1.29, 1.82) is 0 Å². The molecular formula is C24H30O9. The molecule has 1 aromatic carbocycles. The van der Waals surface area contributed by atoms with Crippen molar-refractivity contribution in [2.75, 3.05) is 0 Å². The van der Waals surface area contributed by atoms with Crippen LogP contribution in [0.25, 0.3) is 0 Å². The van der Waals surface area contributed by atoms with Gasteiger partial charge in [-0.05, 0) is 73.1 Å². The fourth-order valence-electron chi connectivity index (χ4n) is 6.78. The maximum absolute atomic E-state index is 13.4. The van der Waals surface area contributed by atoms with Gasteiger partial charge < -0.3 is 35.0 Å². The number of aliphatic hydroxyl groups excluding tert-OH is 3. The first-order valence-corrected chi connectivity index (χ1v) is 11.6. The molecule has 5 N–H and O–H groups in total. The molecule has 180 valence electrons. The van der Waals surface area contributed by atoms with Gasteiger partial charge in [0.1, 0.15) is 30.2 Å². The molecule has 0 unspecified atom stereocenters. The van der Waals surface area contributed by atoms with Crippen molar-refractivity contribution < 1.29 is 44.6 Å². The second-order valence-corrected chi connectivity index (χ2v) is 10.2. The summed E-state index contributed by atoms with van der Waals surface area (Å²) in [6.45, 7) is 1.96. The Morgan fingerprint density at radius 1 is 1.15 bits per heavy atom. The summed E-state index contributed by atoms with van der Waals surface area (Å²) < 4.78 is 11.1. The van der Waals surface area contributed by atoms with Crippen LogP contribution in [0.15, 0.2) is 18.2 Å². The lowest BCUT2D eigenvalue weighted by atomic mass is 9.55. The monoisotopic (exact) mass is 462 g/mol. The number of hydrogen-bond donors (Lipinski definition) is 5. The number of hydrogen-bond acceptors (Lipinski definition) is 8. The molecule has 9 heteroatoms. The molecule has 1 heterocycles. The number of carbonyl (C=O) groups excluding carboxylic acids is 1. The van der Waals surface area contributed by atoms with Crippen molar-refractivity contribution in [2.24, 2.45) is 17.3 Å². The Balaban J connectivity index is 1.36. The van der Waals surface area contributed by atoms with Crippen molar-refractivity contribution >= 4 is 11.8 Å². The van der Waals surface area contributed by atoms with E-state index in [1.807, 2.05) is 19.1 Å². The summed E-state index contributed by atoms with van der Waals surface area (Å²) in [5.74, 6) is -0.697. The minimum atomic E-state index is -1.81. The fourth-order valence-corrected chi connectivity index (χ4v) is 6.78. The Bertz CT molecular complexity index is 963. The normalized spacial score (nSPS) is 44.6. The first-order chi connectivity index (χ1) is 15.6. The van der Waals surface area contributed by atoms with Gasteiger partial charge in [0.2, 0.25) is 0 Å². The second-order valence-electron chi connectivity index (χ2n) is 10.2. The van der Waals surface area contributed by atoms with E-state index < -0.39 is 48.2 Å². The van der Waals surface area contributed by atoms with E-state index in [2.05, 4.69) is 0 Å². The average Bonchev–Trinajstić information content (AvgIpc) is 3.03. The van der Waals surface area contributed by atoms with Crippen LogP contribution in [0.1, 0.15) is 49.7 Å². The quantitative estimate of drug-likeness (QED) is 0.437. The number of carbonyl (C=O) groups is 2. The highest BCUT2D eigenvalue weighted by atomic mass is 16.7. The van der Waals surface area contributed by atoms with Crippen LogP contribution in [0.4, 0.5) is 0 Å². The Morgan fingerprint density at radius 3 is 2.64 bits per heavy atom. The molecule has 10 atom stereocenters. The standard InChI is InChI=1S/C24H30O9/c1-24-7-6-13-12-5-3-11(25)8-10(12)2-4-14(13)15(24)9-16(21(24)29)32-23-19(28)17(26)18(27)20(33-23)22(30)31/h3,5,8,13-20,23,25-28H,2,4,6-7,9H2,1H3,(H,30,31)/t13-,14-,15-,16-,17-,18-,19+,20-,23+,24-/m0/s1. The number of carboxylic acids is 1. The lowest BCUT2D eigenvalue weighted by molar-refractivity contribution is -0.301.